The highest BCUT2D eigenvalue weighted by Gasteiger charge is 2.52. The van der Waals surface area contributed by atoms with Gasteiger partial charge in [0, 0.05) is 138 Å². The van der Waals surface area contributed by atoms with Crippen molar-refractivity contribution in [2.24, 2.45) is 0 Å². The molecule has 0 saturated heterocycles. The van der Waals surface area contributed by atoms with E-state index in [2.05, 4.69) is 539 Å². The Morgan fingerprint density at radius 1 is 0.168 bits per heavy atom. The molecule has 8 nitrogen and oxygen atoms in total. The number of anilines is 18. The molecule has 25 aromatic rings. The molecule has 10 heteroatoms. The van der Waals surface area contributed by atoms with E-state index in [4.69, 9.17) is 8.83 Å². The van der Waals surface area contributed by atoms with E-state index >= 15 is 0 Å². The second-order valence-electron chi connectivity index (χ2n) is 34.9. The number of benzene rings is 21. The van der Waals surface area contributed by atoms with E-state index < -0.39 is 5.41 Å². The van der Waals surface area contributed by atoms with E-state index in [-0.39, 0.29) is 0 Å². The molecule has 21 aromatic carbocycles. The minimum Gasteiger partial charge on any atom is -0.456 e. The molecular weight excluding hydrogens is 1710 g/mol. The fourth-order valence-electron chi connectivity index (χ4n) is 21.4. The summed E-state index contributed by atoms with van der Waals surface area (Å²) < 4.78 is 19.2. The van der Waals surface area contributed by atoms with Gasteiger partial charge in [0.1, 0.15) is 16.7 Å². The van der Waals surface area contributed by atoms with Gasteiger partial charge < -0.3 is 38.2 Å². The monoisotopic (exact) mass is 1790 g/mol. The first kappa shape index (κ1) is 80.3. The zero-order valence-corrected chi connectivity index (χ0v) is 75.9. The van der Waals surface area contributed by atoms with E-state index in [1.165, 1.54) is 96.2 Å². The summed E-state index contributed by atoms with van der Waals surface area (Å²) >= 11 is 3.73. The number of para-hydroxylation sites is 10. The molecule has 0 aliphatic heterocycles. The summed E-state index contributed by atoms with van der Waals surface area (Å²) in [4.78, 5) is 14.2. The molecule has 0 unspecified atom stereocenters. The molecule has 0 N–H and O–H groups in total. The number of thiophene rings is 2. The molecular formula is C127H84N6O2S2. The lowest BCUT2D eigenvalue weighted by atomic mass is 9.70. The lowest BCUT2D eigenvalue weighted by Gasteiger charge is -2.31. The van der Waals surface area contributed by atoms with Crippen LogP contribution in [0.3, 0.4) is 0 Å². The lowest BCUT2D eigenvalue weighted by Crippen LogP contribution is -2.26. The van der Waals surface area contributed by atoms with Crippen molar-refractivity contribution in [1.29, 1.82) is 0 Å². The molecule has 0 saturated carbocycles. The van der Waals surface area contributed by atoms with Crippen LogP contribution in [0.15, 0.2) is 518 Å². The summed E-state index contributed by atoms with van der Waals surface area (Å²) in [7, 11) is 0. The van der Waals surface area contributed by atoms with Crippen molar-refractivity contribution < 1.29 is 8.83 Å². The molecule has 27 rings (SSSR count). The summed E-state index contributed by atoms with van der Waals surface area (Å²) in [5, 5.41) is 9.15. The van der Waals surface area contributed by atoms with E-state index in [0.29, 0.717) is 0 Å². The molecule has 4 aromatic heterocycles. The fraction of sp³-hybridized carbons (Fsp3) is 0.00787. The van der Waals surface area contributed by atoms with Gasteiger partial charge in [0.05, 0.1) is 43.3 Å². The molecule has 1 spiro atoms. The molecule has 2 aliphatic carbocycles. The molecule has 4 heterocycles. The Bertz CT molecular complexity index is 8480. The van der Waals surface area contributed by atoms with Crippen LogP contribution >= 0.6 is 22.7 Å². The smallest absolute Gasteiger partial charge is 0.159 e. The average Bonchev–Trinajstić information content (AvgIpc) is 1.50. The first-order valence-corrected chi connectivity index (χ1v) is 48.1. The summed E-state index contributed by atoms with van der Waals surface area (Å²) in [6.45, 7) is 0. The SMILES string of the molecule is c1ccc(N(c2ccccc2)c2ccc3oc4cc(N(c5cccc6c5-c5ccccc5C65c6ccccc6-c6ccccc65)c5cccc6c5oc5ccc(N(c7ccccc7)c7ccccc7)cc56)ccc4c3c2)cc1.c1ccc(N(c2ccccc2)c2ccc3sc4c(N(c5ccccc5)c5cccc6c5sc5ccc(N(c7ccccc7)c7ccccc7)cc56)cccc4c3c2)cc1. The van der Waals surface area contributed by atoms with Crippen LogP contribution < -0.4 is 29.4 Å². The van der Waals surface area contributed by atoms with Crippen LogP contribution in [0, 0.1) is 0 Å². The third-order valence-corrected chi connectivity index (χ3v) is 29.6. The Morgan fingerprint density at radius 3 is 0.876 bits per heavy atom. The molecule has 0 bridgehead atoms. The van der Waals surface area contributed by atoms with Crippen LogP contribution in [0.1, 0.15) is 22.3 Å². The number of furan rings is 2. The summed E-state index contributed by atoms with van der Waals surface area (Å²) in [6, 6.07) is 183. The number of nitrogens with zero attached hydrogens (tertiary/aromatic N) is 6. The normalized spacial score (nSPS) is 12.1. The van der Waals surface area contributed by atoms with E-state index in [1.807, 2.05) is 22.7 Å². The van der Waals surface area contributed by atoms with Gasteiger partial charge in [-0.1, -0.05) is 285 Å². The van der Waals surface area contributed by atoms with Gasteiger partial charge in [0.15, 0.2) is 5.58 Å². The molecule has 646 valence electrons. The molecule has 0 fully saturated rings. The van der Waals surface area contributed by atoms with E-state index in [0.717, 1.165) is 135 Å². The van der Waals surface area contributed by atoms with Crippen LogP contribution in [-0.4, -0.2) is 0 Å². The van der Waals surface area contributed by atoms with Gasteiger partial charge in [0.25, 0.3) is 0 Å². The Balaban J connectivity index is 0.000000148. The minimum absolute atomic E-state index is 0.528. The van der Waals surface area contributed by atoms with Crippen molar-refractivity contribution >= 4 is 209 Å². The Hall–Kier alpha value is -17.5. The topological polar surface area (TPSA) is 45.7 Å². The maximum Gasteiger partial charge on any atom is 0.159 e. The second-order valence-corrected chi connectivity index (χ2v) is 37.0. The van der Waals surface area contributed by atoms with Crippen LogP contribution in [-0.2, 0) is 5.41 Å². The predicted octanol–water partition coefficient (Wildman–Crippen LogP) is 37.1. The first-order valence-electron chi connectivity index (χ1n) is 46.5. The quantitative estimate of drug-likeness (QED) is 0.0842. The number of rotatable bonds is 18. The van der Waals surface area contributed by atoms with Crippen molar-refractivity contribution in [2.75, 3.05) is 29.4 Å². The third-order valence-electron chi connectivity index (χ3n) is 27.2. The van der Waals surface area contributed by atoms with Gasteiger partial charge in [-0.15, -0.1) is 22.7 Å². The number of fused-ring (bicyclic) bond motifs is 22. The highest BCUT2D eigenvalue weighted by molar-refractivity contribution is 7.27. The van der Waals surface area contributed by atoms with Crippen molar-refractivity contribution in [3.63, 3.8) is 0 Å². The predicted molar refractivity (Wildman–Crippen MR) is 578 cm³/mol. The van der Waals surface area contributed by atoms with Gasteiger partial charge in [-0.2, -0.15) is 0 Å². The van der Waals surface area contributed by atoms with Gasteiger partial charge in [-0.25, -0.2) is 0 Å². The Kier molecular flexibility index (Phi) is 19.7. The van der Waals surface area contributed by atoms with E-state index in [1.54, 1.807) is 0 Å². The van der Waals surface area contributed by atoms with Crippen LogP contribution in [0.2, 0.25) is 0 Å². The third kappa shape index (κ3) is 13.5. The highest BCUT2D eigenvalue weighted by Crippen LogP contribution is 2.66. The zero-order valence-electron chi connectivity index (χ0n) is 74.3. The zero-order chi connectivity index (χ0) is 90.4. The van der Waals surface area contributed by atoms with Gasteiger partial charge in [0.2, 0.25) is 0 Å². The standard InChI is InChI=1S/C73H47N3O2.C54H37N3S2/c1-5-21-48(22-6-1)74(49-23-7-2-8-24-49)52-40-43-68-60(45-52)57-42-39-54(47-70(57)77-68)76(66-37-20-36-65-71(66)59-31-15-18-35-64(59)73(65)62-33-16-13-29-55(62)56-30-14-17-34-63(56)73)67-38-19-32-58-61-46-53(41-44-69(61)78-72(58)67)75(50-25-9-3-10-26-50)51-27-11-4-12-28-51;1-6-18-38(19-7-1)55(39-20-8-2-9-21-39)43-32-34-51-47(36-43)45-28-16-30-49(53(45)58-51)57(42-26-14-5-15-27-42)50-31-17-29-46-48-37-44(33-35-52(48)59-54(46)50)56(40-22-10-3-11-23-40)41-24-12-4-13-25-41/h1-47H;1-37H. The molecule has 0 atom stereocenters. The van der Waals surface area contributed by atoms with Gasteiger partial charge in [-0.05, 0) is 257 Å². The number of hydrogen-bond donors (Lipinski definition) is 0. The van der Waals surface area contributed by atoms with Crippen molar-refractivity contribution in [3.8, 4) is 22.3 Å². The molecule has 137 heavy (non-hydrogen) atoms. The van der Waals surface area contributed by atoms with Gasteiger partial charge >= 0.3 is 0 Å². The maximum absolute atomic E-state index is 7.18. The van der Waals surface area contributed by atoms with Crippen LogP contribution in [0.5, 0.6) is 0 Å². The van der Waals surface area contributed by atoms with Crippen molar-refractivity contribution in [3.05, 3.63) is 532 Å². The van der Waals surface area contributed by atoms with Crippen molar-refractivity contribution in [1.82, 2.24) is 0 Å². The molecule has 2 aliphatic rings. The first-order chi connectivity index (χ1) is 68.0. The van der Waals surface area contributed by atoms with Gasteiger partial charge in [-0.3, -0.25) is 0 Å². The molecule has 0 amide bonds. The van der Waals surface area contributed by atoms with Crippen LogP contribution in [0.4, 0.5) is 102 Å². The second kappa shape index (κ2) is 33.6. The molecule has 0 radical (unpaired) electrons. The van der Waals surface area contributed by atoms with Crippen LogP contribution in [0.25, 0.3) is 106 Å². The number of hydrogen-bond acceptors (Lipinski definition) is 10. The highest BCUT2D eigenvalue weighted by atomic mass is 32.1. The maximum atomic E-state index is 7.18. The largest absolute Gasteiger partial charge is 0.456 e. The van der Waals surface area contributed by atoms with E-state index in [9.17, 15) is 0 Å². The summed E-state index contributed by atoms with van der Waals surface area (Å²) in [5.74, 6) is 0. The summed E-state index contributed by atoms with van der Waals surface area (Å²) in [6.07, 6.45) is 0. The Labute approximate surface area is 801 Å². The minimum atomic E-state index is -0.528. The Morgan fingerprint density at radius 2 is 0.460 bits per heavy atom. The summed E-state index contributed by atoms with van der Waals surface area (Å²) in [5.41, 5.74) is 32.4. The fourth-order valence-corrected chi connectivity index (χ4v) is 23.8. The lowest BCUT2D eigenvalue weighted by molar-refractivity contribution is 0.667. The van der Waals surface area contributed by atoms with Crippen molar-refractivity contribution in [2.45, 2.75) is 5.41 Å². The average molecular weight is 1790 g/mol.